The van der Waals surface area contributed by atoms with Gasteiger partial charge in [-0.3, -0.25) is 4.79 Å². The van der Waals surface area contributed by atoms with Crippen molar-refractivity contribution in [2.45, 2.75) is 19.4 Å². The van der Waals surface area contributed by atoms with E-state index in [1.165, 1.54) is 0 Å². The molecule has 5 nitrogen and oxygen atoms in total. The molecule has 0 heterocycles. The lowest BCUT2D eigenvalue weighted by Gasteiger charge is -2.15. The summed E-state index contributed by atoms with van der Waals surface area (Å²) < 4.78 is 0. The molecule has 0 saturated carbocycles. The first-order chi connectivity index (χ1) is 7.90. The van der Waals surface area contributed by atoms with Gasteiger partial charge in [0.25, 0.3) is 0 Å². The van der Waals surface area contributed by atoms with E-state index in [9.17, 15) is 9.59 Å². The Bertz CT molecular complexity index is 447. The molecule has 92 valence electrons. The highest BCUT2D eigenvalue weighted by Crippen LogP contribution is 2.20. The Kier molecular flexibility index (Phi) is 4.34. The van der Waals surface area contributed by atoms with Crippen LogP contribution in [0.25, 0.3) is 0 Å². The fraction of sp³-hybridized carbons (Fsp3) is 0.273. The van der Waals surface area contributed by atoms with Gasteiger partial charge in [-0.1, -0.05) is 11.6 Å². The second-order valence-electron chi connectivity index (χ2n) is 3.59. The first-order valence-corrected chi connectivity index (χ1v) is 5.25. The number of benzene rings is 1. The number of carboxylic acid groups (broad SMARTS) is 2. The Morgan fingerprint density at radius 1 is 1.41 bits per heavy atom. The first-order valence-electron chi connectivity index (χ1n) is 4.87. The predicted molar refractivity (Wildman–Crippen MR) is 63.5 cm³/mol. The molecular formula is C11H12ClNO4. The summed E-state index contributed by atoms with van der Waals surface area (Å²) in [5.41, 5.74) is 1.32. The molecule has 0 saturated heterocycles. The Morgan fingerprint density at radius 2 is 2.06 bits per heavy atom. The van der Waals surface area contributed by atoms with Crippen LogP contribution in [0.3, 0.4) is 0 Å². The Hall–Kier alpha value is -1.75. The molecule has 0 bridgehead atoms. The minimum absolute atomic E-state index is 0.489. The van der Waals surface area contributed by atoms with Gasteiger partial charge < -0.3 is 15.5 Å². The minimum Gasteiger partial charge on any atom is -0.481 e. The molecule has 0 fully saturated rings. The zero-order chi connectivity index (χ0) is 13.0. The van der Waals surface area contributed by atoms with E-state index in [1.54, 1.807) is 25.1 Å². The number of aryl methyl sites for hydroxylation is 1. The number of carbonyl (C=O) groups is 2. The van der Waals surface area contributed by atoms with Crippen LogP contribution in [0.4, 0.5) is 5.69 Å². The molecule has 6 heteroatoms. The van der Waals surface area contributed by atoms with Crippen molar-refractivity contribution in [2.24, 2.45) is 0 Å². The molecule has 0 spiro atoms. The maximum atomic E-state index is 10.9. The number of rotatable bonds is 5. The van der Waals surface area contributed by atoms with Crippen LogP contribution in [0, 0.1) is 6.92 Å². The zero-order valence-electron chi connectivity index (χ0n) is 9.11. The van der Waals surface area contributed by atoms with Gasteiger partial charge in [-0.25, -0.2) is 4.79 Å². The molecule has 3 N–H and O–H groups in total. The van der Waals surface area contributed by atoms with Crippen molar-refractivity contribution < 1.29 is 19.8 Å². The quantitative estimate of drug-likeness (QED) is 0.751. The fourth-order valence-corrected chi connectivity index (χ4v) is 1.58. The molecule has 1 aromatic rings. The van der Waals surface area contributed by atoms with Crippen molar-refractivity contribution in [3.8, 4) is 0 Å². The standard InChI is InChI=1S/C11H12ClNO4/c1-6-4-7(12)2-3-8(6)13-9(11(16)17)5-10(14)15/h2-4,9,13H,5H2,1H3,(H,14,15)(H,16,17). The lowest BCUT2D eigenvalue weighted by molar-refractivity contribution is -0.144. The van der Waals surface area contributed by atoms with Gasteiger partial charge in [0, 0.05) is 10.7 Å². The highest BCUT2D eigenvalue weighted by molar-refractivity contribution is 6.30. The monoisotopic (exact) mass is 257 g/mol. The average molecular weight is 258 g/mol. The van der Waals surface area contributed by atoms with Crippen molar-refractivity contribution in [1.82, 2.24) is 0 Å². The van der Waals surface area contributed by atoms with Crippen LogP contribution < -0.4 is 5.32 Å². The molecule has 1 atom stereocenters. The second-order valence-corrected chi connectivity index (χ2v) is 4.03. The maximum Gasteiger partial charge on any atom is 0.326 e. The van der Waals surface area contributed by atoms with E-state index >= 15 is 0 Å². The molecule has 0 amide bonds. The second kappa shape index (κ2) is 5.54. The van der Waals surface area contributed by atoms with Gasteiger partial charge in [0.1, 0.15) is 6.04 Å². The van der Waals surface area contributed by atoms with Gasteiger partial charge in [0.15, 0.2) is 0 Å². The highest BCUT2D eigenvalue weighted by atomic mass is 35.5. The minimum atomic E-state index is -1.21. The van der Waals surface area contributed by atoms with Crippen molar-refractivity contribution in [1.29, 1.82) is 0 Å². The van der Waals surface area contributed by atoms with Gasteiger partial charge in [-0.15, -0.1) is 0 Å². The summed E-state index contributed by atoms with van der Waals surface area (Å²) in [5.74, 6) is -2.38. The van der Waals surface area contributed by atoms with Crippen molar-refractivity contribution in [2.75, 3.05) is 5.32 Å². The summed E-state index contributed by atoms with van der Waals surface area (Å²) in [4.78, 5) is 21.4. The fourth-order valence-electron chi connectivity index (χ4n) is 1.35. The predicted octanol–water partition coefficient (Wildman–Crippen LogP) is 1.99. The van der Waals surface area contributed by atoms with Crippen molar-refractivity contribution in [3.05, 3.63) is 28.8 Å². The normalized spacial score (nSPS) is 11.9. The molecule has 0 aliphatic heterocycles. The van der Waals surface area contributed by atoms with Gasteiger partial charge in [0.05, 0.1) is 6.42 Å². The number of aliphatic carboxylic acids is 2. The van der Waals surface area contributed by atoms with Crippen molar-refractivity contribution >= 4 is 29.2 Å². The number of hydrogen-bond donors (Lipinski definition) is 3. The smallest absolute Gasteiger partial charge is 0.326 e. The van der Waals surface area contributed by atoms with E-state index in [1.807, 2.05) is 0 Å². The number of hydrogen-bond acceptors (Lipinski definition) is 3. The van der Waals surface area contributed by atoms with Crippen LogP contribution in [0.2, 0.25) is 5.02 Å². The van der Waals surface area contributed by atoms with Crippen LogP contribution in [0.1, 0.15) is 12.0 Å². The third-order valence-electron chi connectivity index (χ3n) is 2.20. The maximum absolute atomic E-state index is 10.9. The van der Waals surface area contributed by atoms with Crippen LogP contribution in [0.15, 0.2) is 18.2 Å². The Balaban J connectivity index is 2.86. The molecule has 0 aliphatic carbocycles. The molecule has 0 aromatic heterocycles. The van der Waals surface area contributed by atoms with E-state index in [-0.39, 0.29) is 0 Å². The van der Waals surface area contributed by atoms with Crippen LogP contribution in [0.5, 0.6) is 0 Å². The molecule has 0 aliphatic rings. The lowest BCUT2D eigenvalue weighted by Crippen LogP contribution is -2.32. The number of halogens is 1. The average Bonchev–Trinajstić information content (AvgIpc) is 2.19. The van der Waals surface area contributed by atoms with Gasteiger partial charge in [-0.05, 0) is 30.7 Å². The Labute approximate surface area is 103 Å². The van der Waals surface area contributed by atoms with Crippen LogP contribution in [-0.2, 0) is 9.59 Å². The van der Waals surface area contributed by atoms with Gasteiger partial charge in [0.2, 0.25) is 0 Å². The van der Waals surface area contributed by atoms with Crippen LogP contribution >= 0.6 is 11.6 Å². The molecule has 1 unspecified atom stereocenters. The van der Waals surface area contributed by atoms with Crippen LogP contribution in [-0.4, -0.2) is 28.2 Å². The SMILES string of the molecule is Cc1cc(Cl)ccc1NC(CC(=O)O)C(=O)O. The summed E-state index contributed by atoms with van der Waals surface area (Å²) >= 11 is 5.76. The zero-order valence-corrected chi connectivity index (χ0v) is 9.86. The third-order valence-corrected chi connectivity index (χ3v) is 2.43. The number of nitrogens with one attached hydrogen (secondary N) is 1. The topological polar surface area (TPSA) is 86.6 Å². The van der Waals surface area contributed by atoms with Gasteiger partial charge >= 0.3 is 11.9 Å². The highest BCUT2D eigenvalue weighted by Gasteiger charge is 2.21. The lowest BCUT2D eigenvalue weighted by atomic mass is 10.1. The van der Waals surface area contributed by atoms with E-state index in [0.29, 0.717) is 10.7 Å². The number of anilines is 1. The van der Waals surface area contributed by atoms with E-state index in [2.05, 4.69) is 5.32 Å². The summed E-state index contributed by atoms with van der Waals surface area (Å²) in [7, 11) is 0. The summed E-state index contributed by atoms with van der Waals surface area (Å²) in [6.07, 6.45) is -0.489. The summed E-state index contributed by atoms with van der Waals surface area (Å²) in [5, 5.41) is 20.7. The molecule has 17 heavy (non-hydrogen) atoms. The van der Waals surface area contributed by atoms with E-state index < -0.39 is 24.4 Å². The van der Waals surface area contributed by atoms with E-state index in [0.717, 1.165) is 5.56 Å². The number of carboxylic acids is 2. The van der Waals surface area contributed by atoms with E-state index in [4.69, 9.17) is 21.8 Å². The summed E-state index contributed by atoms with van der Waals surface area (Å²) in [6.45, 7) is 1.76. The molecule has 1 aromatic carbocycles. The molecule has 0 radical (unpaired) electrons. The molecule has 1 rings (SSSR count). The third kappa shape index (κ3) is 3.96. The first kappa shape index (κ1) is 13.3. The Morgan fingerprint density at radius 3 is 2.53 bits per heavy atom. The molecular weight excluding hydrogens is 246 g/mol. The largest absolute Gasteiger partial charge is 0.481 e. The van der Waals surface area contributed by atoms with Crippen molar-refractivity contribution in [3.63, 3.8) is 0 Å². The van der Waals surface area contributed by atoms with Gasteiger partial charge in [-0.2, -0.15) is 0 Å². The summed E-state index contributed by atoms with van der Waals surface area (Å²) in [6, 6.07) is 3.74.